The third kappa shape index (κ3) is 2.96. The highest BCUT2D eigenvalue weighted by molar-refractivity contribution is 5.95. The zero-order valence-electron chi connectivity index (χ0n) is 15.0. The van der Waals surface area contributed by atoms with E-state index in [0.717, 1.165) is 53.7 Å². The van der Waals surface area contributed by atoms with Crippen LogP contribution in [-0.2, 0) is 17.8 Å². The second-order valence-electron chi connectivity index (χ2n) is 6.53. The first kappa shape index (κ1) is 16.4. The van der Waals surface area contributed by atoms with Crippen LogP contribution in [0.1, 0.15) is 23.4 Å². The standard InChI is InChI=1S/C19H22N6O/c1-13-16(14(2)25(23-13)15-7-4-3-5-8-15)11-18(26)22-17-12-21-24-10-6-9-20-19(17)24/h3-5,7-8,12,20H,6,9-11H2,1-2H3,(H,22,26). The minimum Gasteiger partial charge on any atom is -0.368 e. The Labute approximate surface area is 152 Å². The number of hydrogen-bond donors (Lipinski definition) is 2. The van der Waals surface area contributed by atoms with Gasteiger partial charge in [0.05, 0.1) is 24.0 Å². The lowest BCUT2D eigenvalue weighted by atomic mass is 10.1. The summed E-state index contributed by atoms with van der Waals surface area (Å²) in [6.45, 7) is 5.72. The molecule has 26 heavy (non-hydrogen) atoms. The molecule has 0 radical (unpaired) electrons. The van der Waals surface area contributed by atoms with Crippen molar-refractivity contribution >= 4 is 17.4 Å². The molecule has 0 spiro atoms. The fourth-order valence-electron chi connectivity index (χ4n) is 3.37. The fraction of sp³-hybridized carbons (Fsp3) is 0.316. The SMILES string of the molecule is Cc1nn(-c2ccccc2)c(C)c1CC(=O)Nc1cnn2c1NCCC2. The fourth-order valence-corrected chi connectivity index (χ4v) is 3.37. The van der Waals surface area contributed by atoms with Gasteiger partial charge < -0.3 is 10.6 Å². The van der Waals surface area contributed by atoms with E-state index in [-0.39, 0.29) is 12.3 Å². The van der Waals surface area contributed by atoms with E-state index in [9.17, 15) is 4.79 Å². The molecule has 134 valence electrons. The van der Waals surface area contributed by atoms with Crippen molar-refractivity contribution in [1.82, 2.24) is 19.6 Å². The zero-order valence-corrected chi connectivity index (χ0v) is 15.0. The Kier molecular flexibility index (Phi) is 4.20. The number of carbonyl (C=O) groups excluding carboxylic acids is 1. The third-order valence-corrected chi connectivity index (χ3v) is 4.73. The summed E-state index contributed by atoms with van der Waals surface area (Å²) in [5.74, 6) is 0.824. The number of fused-ring (bicyclic) bond motifs is 1. The Morgan fingerprint density at radius 2 is 2.08 bits per heavy atom. The van der Waals surface area contributed by atoms with Crippen LogP contribution in [0, 0.1) is 13.8 Å². The maximum atomic E-state index is 12.6. The second-order valence-corrected chi connectivity index (χ2v) is 6.53. The van der Waals surface area contributed by atoms with E-state index in [0.29, 0.717) is 0 Å². The van der Waals surface area contributed by atoms with Crippen molar-refractivity contribution in [3.63, 3.8) is 0 Å². The van der Waals surface area contributed by atoms with E-state index in [1.165, 1.54) is 0 Å². The Morgan fingerprint density at radius 3 is 2.88 bits per heavy atom. The lowest BCUT2D eigenvalue weighted by molar-refractivity contribution is -0.115. The molecule has 1 aromatic carbocycles. The molecule has 7 nitrogen and oxygen atoms in total. The number of anilines is 2. The van der Waals surface area contributed by atoms with Crippen LogP contribution in [0.5, 0.6) is 0 Å². The summed E-state index contributed by atoms with van der Waals surface area (Å²) in [6.07, 6.45) is 3.03. The van der Waals surface area contributed by atoms with Gasteiger partial charge in [-0.05, 0) is 32.4 Å². The average Bonchev–Trinajstić information content (AvgIpc) is 3.19. The molecule has 1 amide bonds. The van der Waals surface area contributed by atoms with E-state index in [2.05, 4.69) is 20.8 Å². The van der Waals surface area contributed by atoms with Gasteiger partial charge in [-0.1, -0.05) is 18.2 Å². The first-order valence-electron chi connectivity index (χ1n) is 8.83. The van der Waals surface area contributed by atoms with Crippen LogP contribution in [0.15, 0.2) is 36.5 Å². The molecule has 0 saturated carbocycles. The Morgan fingerprint density at radius 1 is 1.27 bits per heavy atom. The summed E-state index contributed by atoms with van der Waals surface area (Å²) < 4.78 is 3.78. The summed E-state index contributed by atoms with van der Waals surface area (Å²) in [7, 11) is 0. The summed E-state index contributed by atoms with van der Waals surface area (Å²) >= 11 is 0. The number of aryl methyl sites for hydroxylation is 2. The minimum absolute atomic E-state index is 0.0630. The molecular formula is C19H22N6O. The summed E-state index contributed by atoms with van der Waals surface area (Å²) in [5.41, 5.74) is 4.55. The maximum Gasteiger partial charge on any atom is 0.229 e. The Hall–Kier alpha value is -3.09. The van der Waals surface area contributed by atoms with Gasteiger partial charge in [0.15, 0.2) is 0 Å². The van der Waals surface area contributed by atoms with Crippen LogP contribution in [0.3, 0.4) is 0 Å². The van der Waals surface area contributed by atoms with Gasteiger partial charge in [0.25, 0.3) is 0 Å². The van der Waals surface area contributed by atoms with Gasteiger partial charge >= 0.3 is 0 Å². The second kappa shape index (κ2) is 6.67. The van der Waals surface area contributed by atoms with E-state index in [4.69, 9.17) is 0 Å². The number of para-hydroxylation sites is 1. The van der Waals surface area contributed by atoms with Crippen molar-refractivity contribution in [1.29, 1.82) is 0 Å². The molecule has 2 aromatic heterocycles. The van der Waals surface area contributed by atoms with Crippen LogP contribution in [-0.4, -0.2) is 32.0 Å². The highest BCUT2D eigenvalue weighted by atomic mass is 16.1. The van der Waals surface area contributed by atoms with Crippen molar-refractivity contribution < 1.29 is 4.79 Å². The van der Waals surface area contributed by atoms with Crippen molar-refractivity contribution in [2.45, 2.75) is 33.2 Å². The maximum absolute atomic E-state index is 12.6. The van der Waals surface area contributed by atoms with Crippen LogP contribution in [0.4, 0.5) is 11.5 Å². The number of aromatic nitrogens is 4. The summed E-state index contributed by atoms with van der Waals surface area (Å²) in [4.78, 5) is 12.6. The van der Waals surface area contributed by atoms with Gasteiger partial charge in [0.1, 0.15) is 11.5 Å². The lowest BCUT2D eigenvalue weighted by Crippen LogP contribution is -2.20. The molecule has 3 heterocycles. The molecule has 1 aliphatic heterocycles. The number of benzene rings is 1. The number of nitrogens with zero attached hydrogens (tertiary/aromatic N) is 4. The molecular weight excluding hydrogens is 328 g/mol. The third-order valence-electron chi connectivity index (χ3n) is 4.73. The van der Waals surface area contributed by atoms with Gasteiger partial charge in [-0.2, -0.15) is 10.2 Å². The number of carbonyl (C=O) groups is 1. The van der Waals surface area contributed by atoms with Crippen LogP contribution in [0.25, 0.3) is 5.69 Å². The quantitative estimate of drug-likeness (QED) is 0.758. The van der Waals surface area contributed by atoms with Gasteiger partial charge in [-0.25, -0.2) is 9.36 Å². The first-order chi connectivity index (χ1) is 12.6. The first-order valence-corrected chi connectivity index (χ1v) is 8.83. The van der Waals surface area contributed by atoms with Gasteiger partial charge in [-0.15, -0.1) is 0 Å². The summed E-state index contributed by atoms with van der Waals surface area (Å²) in [6, 6.07) is 9.95. The molecule has 0 atom stereocenters. The largest absolute Gasteiger partial charge is 0.368 e. The van der Waals surface area contributed by atoms with Crippen LogP contribution < -0.4 is 10.6 Å². The van der Waals surface area contributed by atoms with Crippen molar-refractivity contribution in [2.24, 2.45) is 0 Å². The normalized spacial score (nSPS) is 13.2. The molecule has 3 aromatic rings. The molecule has 4 rings (SSSR count). The van der Waals surface area contributed by atoms with Gasteiger partial charge in [0.2, 0.25) is 5.91 Å². The smallest absolute Gasteiger partial charge is 0.229 e. The topological polar surface area (TPSA) is 76.8 Å². The molecule has 0 saturated heterocycles. The number of nitrogens with one attached hydrogen (secondary N) is 2. The predicted molar refractivity (Wildman–Crippen MR) is 101 cm³/mol. The number of hydrogen-bond acceptors (Lipinski definition) is 4. The molecule has 0 bridgehead atoms. The number of rotatable bonds is 4. The van der Waals surface area contributed by atoms with Crippen molar-refractivity contribution in [2.75, 3.05) is 17.2 Å². The molecule has 0 unspecified atom stereocenters. The van der Waals surface area contributed by atoms with E-state index in [1.807, 2.05) is 53.5 Å². The summed E-state index contributed by atoms with van der Waals surface area (Å²) in [5, 5.41) is 15.2. The Bertz CT molecular complexity index is 941. The zero-order chi connectivity index (χ0) is 18.1. The van der Waals surface area contributed by atoms with Gasteiger partial charge in [-0.3, -0.25) is 4.79 Å². The highest BCUT2D eigenvalue weighted by Gasteiger charge is 2.19. The average molecular weight is 350 g/mol. The van der Waals surface area contributed by atoms with Crippen LogP contribution in [0.2, 0.25) is 0 Å². The van der Waals surface area contributed by atoms with Crippen molar-refractivity contribution in [3.05, 3.63) is 53.5 Å². The van der Waals surface area contributed by atoms with Crippen LogP contribution >= 0.6 is 0 Å². The highest BCUT2D eigenvalue weighted by Crippen LogP contribution is 2.25. The van der Waals surface area contributed by atoms with Gasteiger partial charge in [0, 0.05) is 24.3 Å². The molecule has 2 N–H and O–H groups in total. The van der Waals surface area contributed by atoms with E-state index < -0.39 is 0 Å². The molecule has 7 heteroatoms. The monoisotopic (exact) mass is 350 g/mol. The molecule has 0 fully saturated rings. The van der Waals surface area contributed by atoms with E-state index in [1.54, 1.807) is 6.20 Å². The van der Waals surface area contributed by atoms with Crippen molar-refractivity contribution in [3.8, 4) is 5.69 Å². The minimum atomic E-state index is -0.0630. The lowest BCUT2D eigenvalue weighted by Gasteiger charge is -2.17. The molecule has 0 aliphatic carbocycles. The van der Waals surface area contributed by atoms with E-state index >= 15 is 0 Å². The molecule has 1 aliphatic rings. The predicted octanol–water partition coefficient (Wildman–Crippen LogP) is 2.68. The number of amides is 1. The Balaban J connectivity index is 1.53.